The Morgan fingerprint density at radius 1 is 1.43 bits per heavy atom. The summed E-state index contributed by atoms with van der Waals surface area (Å²) in [7, 11) is 0. The molecule has 0 spiro atoms. The molecule has 1 atom stereocenters. The highest BCUT2D eigenvalue weighted by atomic mass is 19.1. The number of nitro groups is 1. The lowest BCUT2D eigenvalue weighted by Crippen LogP contribution is -2.01. The Morgan fingerprint density at radius 2 is 2.00 bits per heavy atom. The van der Waals surface area contributed by atoms with E-state index in [1.54, 1.807) is 19.1 Å². The summed E-state index contributed by atoms with van der Waals surface area (Å²) >= 11 is 0. The first-order chi connectivity index (χ1) is 6.63. The van der Waals surface area contributed by atoms with Gasteiger partial charge in [0, 0.05) is 12.1 Å². The van der Waals surface area contributed by atoms with Gasteiger partial charge >= 0.3 is 0 Å². The van der Waals surface area contributed by atoms with E-state index in [0.717, 1.165) is 5.56 Å². The summed E-state index contributed by atoms with van der Waals surface area (Å²) in [5.41, 5.74) is 1.00. The van der Waals surface area contributed by atoms with Gasteiger partial charge in [-0.25, -0.2) is 0 Å². The summed E-state index contributed by atoms with van der Waals surface area (Å²) in [5.74, 6) is -0.0311. The van der Waals surface area contributed by atoms with E-state index in [9.17, 15) is 14.5 Å². The quantitative estimate of drug-likeness (QED) is 0.550. The summed E-state index contributed by atoms with van der Waals surface area (Å²) in [4.78, 5) is 9.89. The van der Waals surface area contributed by atoms with Gasteiger partial charge in [0.05, 0.1) is 11.6 Å². The van der Waals surface area contributed by atoms with Gasteiger partial charge in [-0.1, -0.05) is 19.1 Å². The fourth-order valence-electron chi connectivity index (χ4n) is 1.21. The number of benzene rings is 1. The minimum absolute atomic E-state index is 0.0311. The second-order valence-electron chi connectivity index (χ2n) is 3.39. The normalized spacial score (nSPS) is 12.4. The van der Waals surface area contributed by atoms with Crippen molar-refractivity contribution in [2.75, 3.05) is 6.67 Å². The third-order valence-electron chi connectivity index (χ3n) is 1.99. The zero-order chi connectivity index (χ0) is 10.6. The number of hydrogen-bond acceptors (Lipinski definition) is 2. The molecule has 14 heavy (non-hydrogen) atoms. The maximum Gasteiger partial charge on any atom is 0.269 e. The molecular formula is C10H12FNO2. The van der Waals surface area contributed by atoms with E-state index >= 15 is 0 Å². The number of halogens is 1. The molecular weight excluding hydrogens is 185 g/mol. The van der Waals surface area contributed by atoms with Crippen LogP contribution >= 0.6 is 0 Å². The van der Waals surface area contributed by atoms with Gasteiger partial charge in [-0.15, -0.1) is 0 Å². The number of nitrogens with zero attached hydrogens (tertiary/aromatic N) is 1. The van der Waals surface area contributed by atoms with E-state index in [2.05, 4.69) is 0 Å². The smallest absolute Gasteiger partial charge is 0.258 e. The zero-order valence-corrected chi connectivity index (χ0v) is 7.94. The highest BCUT2D eigenvalue weighted by Gasteiger charge is 2.06. The Hall–Kier alpha value is -1.45. The van der Waals surface area contributed by atoms with Crippen LogP contribution < -0.4 is 0 Å². The van der Waals surface area contributed by atoms with Crippen LogP contribution in [0.2, 0.25) is 0 Å². The highest BCUT2D eigenvalue weighted by Crippen LogP contribution is 2.14. The van der Waals surface area contributed by atoms with Gasteiger partial charge in [0.2, 0.25) is 0 Å². The summed E-state index contributed by atoms with van der Waals surface area (Å²) in [6.45, 7) is 1.44. The lowest BCUT2D eigenvalue weighted by atomic mass is 10.0. The van der Waals surface area contributed by atoms with Gasteiger partial charge in [0.15, 0.2) is 0 Å². The van der Waals surface area contributed by atoms with Crippen LogP contribution in [-0.4, -0.2) is 11.6 Å². The molecule has 0 saturated carbocycles. The molecule has 0 heterocycles. The molecule has 0 saturated heterocycles. The Kier molecular flexibility index (Phi) is 3.56. The minimum atomic E-state index is -0.442. The average Bonchev–Trinajstić information content (AvgIpc) is 2.18. The first-order valence-corrected chi connectivity index (χ1v) is 4.42. The number of non-ortho nitro benzene ring substituents is 1. The van der Waals surface area contributed by atoms with E-state index < -0.39 is 4.92 Å². The van der Waals surface area contributed by atoms with Crippen LogP contribution in [-0.2, 0) is 6.42 Å². The van der Waals surface area contributed by atoms with Crippen molar-refractivity contribution in [3.8, 4) is 0 Å². The SMILES string of the molecule is C[C@@H](CF)Cc1ccc([N+](=O)[O-])cc1. The predicted octanol–water partition coefficient (Wildman–Crippen LogP) is 2.74. The molecule has 1 aromatic carbocycles. The molecule has 4 heteroatoms. The Bertz CT molecular complexity index is 310. The predicted molar refractivity (Wildman–Crippen MR) is 51.9 cm³/mol. The molecule has 0 aliphatic rings. The number of rotatable bonds is 4. The van der Waals surface area contributed by atoms with Crippen molar-refractivity contribution >= 4 is 5.69 Å². The summed E-state index contributed by atoms with van der Waals surface area (Å²) < 4.78 is 12.2. The first-order valence-electron chi connectivity index (χ1n) is 4.42. The molecule has 1 aromatic rings. The molecule has 0 N–H and O–H groups in total. The highest BCUT2D eigenvalue weighted by molar-refractivity contribution is 5.32. The Balaban J connectivity index is 2.68. The molecule has 0 radical (unpaired) electrons. The van der Waals surface area contributed by atoms with Crippen LogP contribution in [0.5, 0.6) is 0 Å². The lowest BCUT2D eigenvalue weighted by Gasteiger charge is -2.05. The fourth-order valence-corrected chi connectivity index (χ4v) is 1.21. The van der Waals surface area contributed by atoms with E-state index in [0.29, 0.717) is 6.42 Å². The molecule has 76 valence electrons. The monoisotopic (exact) mass is 197 g/mol. The van der Waals surface area contributed by atoms with Crippen molar-refractivity contribution in [1.29, 1.82) is 0 Å². The second-order valence-corrected chi connectivity index (χ2v) is 3.39. The zero-order valence-electron chi connectivity index (χ0n) is 7.94. The minimum Gasteiger partial charge on any atom is -0.258 e. The second kappa shape index (κ2) is 4.69. The lowest BCUT2D eigenvalue weighted by molar-refractivity contribution is -0.384. The fraction of sp³-hybridized carbons (Fsp3) is 0.400. The van der Waals surface area contributed by atoms with Gasteiger partial charge in [0.1, 0.15) is 0 Å². The average molecular weight is 197 g/mol. The van der Waals surface area contributed by atoms with Crippen LogP contribution in [0.1, 0.15) is 12.5 Å². The van der Waals surface area contributed by atoms with Crippen LogP contribution in [0.15, 0.2) is 24.3 Å². The van der Waals surface area contributed by atoms with Gasteiger partial charge in [0.25, 0.3) is 5.69 Å². The summed E-state index contributed by atoms with van der Waals surface area (Å²) in [6, 6.07) is 6.23. The maximum atomic E-state index is 12.2. The standard InChI is InChI=1S/C10H12FNO2/c1-8(7-11)6-9-2-4-10(5-3-9)12(13)14/h2-5,8H,6-7H2,1H3/t8-/m1/s1. The van der Waals surface area contributed by atoms with Crippen LogP contribution in [0, 0.1) is 16.0 Å². The van der Waals surface area contributed by atoms with Gasteiger partial charge in [-0.3, -0.25) is 14.5 Å². The Labute approximate surface area is 81.7 Å². The molecule has 0 aliphatic carbocycles. The third-order valence-corrected chi connectivity index (χ3v) is 1.99. The molecule has 3 nitrogen and oxygen atoms in total. The van der Waals surface area contributed by atoms with Crippen molar-refractivity contribution in [3.05, 3.63) is 39.9 Å². The topological polar surface area (TPSA) is 43.1 Å². The van der Waals surface area contributed by atoms with E-state index in [1.807, 2.05) is 0 Å². The van der Waals surface area contributed by atoms with Crippen molar-refractivity contribution in [2.45, 2.75) is 13.3 Å². The molecule has 0 unspecified atom stereocenters. The molecule has 1 rings (SSSR count). The largest absolute Gasteiger partial charge is 0.269 e. The third kappa shape index (κ3) is 2.80. The molecule has 0 fully saturated rings. The van der Waals surface area contributed by atoms with Crippen molar-refractivity contribution < 1.29 is 9.31 Å². The van der Waals surface area contributed by atoms with Crippen molar-refractivity contribution in [1.82, 2.24) is 0 Å². The van der Waals surface area contributed by atoms with Crippen LogP contribution in [0.4, 0.5) is 10.1 Å². The maximum absolute atomic E-state index is 12.2. The Morgan fingerprint density at radius 3 is 2.43 bits per heavy atom. The molecule has 0 bridgehead atoms. The van der Waals surface area contributed by atoms with Crippen LogP contribution in [0.25, 0.3) is 0 Å². The van der Waals surface area contributed by atoms with E-state index in [4.69, 9.17) is 0 Å². The van der Waals surface area contributed by atoms with Gasteiger partial charge in [-0.05, 0) is 17.9 Å². The van der Waals surface area contributed by atoms with Gasteiger partial charge < -0.3 is 0 Å². The number of nitro benzene ring substituents is 1. The molecule has 0 amide bonds. The van der Waals surface area contributed by atoms with E-state index in [-0.39, 0.29) is 18.3 Å². The van der Waals surface area contributed by atoms with Crippen molar-refractivity contribution in [2.24, 2.45) is 5.92 Å². The van der Waals surface area contributed by atoms with E-state index in [1.165, 1.54) is 12.1 Å². The van der Waals surface area contributed by atoms with Gasteiger partial charge in [-0.2, -0.15) is 0 Å². The number of hydrogen-bond donors (Lipinski definition) is 0. The summed E-state index contributed by atoms with van der Waals surface area (Å²) in [6.07, 6.45) is 0.620. The number of alkyl halides is 1. The first kappa shape index (κ1) is 10.6. The molecule has 0 aliphatic heterocycles. The summed E-state index contributed by atoms with van der Waals surface area (Å²) in [5, 5.41) is 10.3. The van der Waals surface area contributed by atoms with Crippen LogP contribution in [0.3, 0.4) is 0 Å². The van der Waals surface area contributed by atoms with Crippen molar-refractivity contribution in [3.63, 3.8) is 0 Å². The molecule has 0 aromatic heterocycles.